The van der Waals surface area contributed by atoms with Crippen LogP contribution in [0.2, 0.25) is 0 Å². The average molecular weight is 265 g/mol. The minimum absolute atomic E-state index is 0.0485. The topological polar surface area (TPSA) is 65.4 Å². The smallest absolute Gasteiger partial charge is 0.225 e. The lowest BCUT2D eigenvalue weighted by molar-refractivity contribution is -0.129. The first-order chi connectivity index (χ1) is 9.29. The molecule has 0 aliphatic carbocycles. The predicted octanol–water partition coefficient (Wildman–Crippen LogP) is 0.765. The minimum atomic E-state index is 0.0485. The number of ether oxygens (including phenoxy) is 1. The Morgan fingerprint density at radius 3 is 2.79 bits per heavy atom. The molecule has 0 unspecified atom stereocenters. The summed E-state index contributed by atoms with van der Waals surface area (Å²) in [6.07, 6.45) is 4.09. The maximum absolute atomic E-state index is 12.0. The van der Waals surface area contributed by atoms with E-state index in [4.69, 9.17) is 10.00 Å². The minimum Gasteiger partial charge on any atom is -0.381 e. The van der Waals surface area contributed by atoms with Gasteiger partial charge in [0, 0.05) is 13.2 Å². The van der Waals surface area contributed by atoms with Gasteiger partial charge in [-0.05, 0) is 44.7 Å². The molecule has 2 aliphatic rings. The fourth-order valence-electron chi connectivity index (χ4n) is 2.79. The SMILES string of the molecule is N#CCN1CCC(CNC(=O)[C@H]2CCCOC2)CC1. The molecule has 0 saturated carbocycles. The summed E-state index contributed by atoms with van der Waals surface area (Å²) in [4.78, 5) is 14.1. The first kappa shape index (κ1) is 14.3. The van der Waals surface area contributed by atoms with Crippen LogP contribution in [-0.4, -0.2) is 50.2 Å². The highest BCUT2D eigenvalue weighted by molar-refractivity contribution is 5.78. The third-order valence-electron chi connectivity index (χ3n) is 4.10. The molecule has 0 spiro atoms. The van der Waals surface area contributed by atoms with E-state index >= 15 is 0 Å². The quantitative estimate of drug-likeness (QED) is 0.762. The van der Waals surface area contributed by atoms with Crippen molar-refractivity contribution in [3.63, 3.8) is 0 Å². The number of carbonyl (C=O) groups excluding carboxylic acids is 1. The molecule has 1 amide bonds. The molecule has 0 bridgehead atoms. The Kier molecular flexibility index (Phi) is 5.62. The van der Waals surface area contributed by atoms with Crippen molar-refractivity contribution in [2.24, 2.45) is 11.8 Å². The van der Waals surface area contributed by atoms with Crippen molar-refractivity contribution in [2.75, 3.05) is 39.4 Å². The van der Waals surface area contributed by atoms with E-state index in [1.165, 1.54) is 0 Å². The fourth-order valence-corrected chi connectivity index (χ4v) is 2.79. The number of nitriles is 1. The molecule has 2 aliphatic heterocycles. The van der Waals surface area contributed by atoms with Gasteiger partial charge in [-0.25, -0.2) is 0 Å². The van der Waals surface area contributed by atoms with Crippen molar-refractivity contribution in [1.29, 1.82) is 5.26 Å². The first-order valence-corrected chi connectivity index (χ1v) is 7.24. The second kappa shape index (κ2) is 7.46. The summed E-state index contributed by atoms with van der Waals surface area (Å²) in [6, 6.07) is 2.19. The highest BCUT2D eigenvalue weighted by Gasteiger charge is 2.23. The Morgan fingerprint density at radius 1 is 1.37 bits per heavy atom. The molecule has 19 heavy (non-hydrogen) atoms. The van der Waals surface area contributed by atoms with Crippen molar-refractivity contribution in [2.45, 2.75) is 25.7 Å². The first-order valence-electron chi connectivity index (χ1n) is 7.24. The van der Waals surface area contributed by atoms with E-state index in [9.17, 15) is 4.79 Å². The molecular weight excluding hydrogens is 242 g/mol. The number of piperidine rings is 1. The molecule has 2 rings (SSSR count). The summed E-state index contributed by atoms with van der Waals surface area (Å²) in [5.74, 6) is 0.759. The third kappa shape index (κ3) is 4.48. The Labute approximate surface area is 114 Å². The van der Waals surface area contributed by atoms with E-state index in [0.29, 0.717) is 19.1 Å². The average Bonchev–Trinajstić information content (AvgIpc) is 2.47. The van der Waals surface area contributed by atoms with Gasteiger partial charge in [-0.15, -0.1) is 0 Å². The van der Waals surface area contributed by atoms with Crippen LogP contribution in [0, 0.1) is 23.2 Å². The van der Waals surface area contributed by atoms with Gasteiger partial charge in [0.25, 0.3) is 0 Å². The maximum atomic E-state index is 12.0. The molecule has 106 valence electrons. The van der Waals surface area contributed by atoms with Crippen molar-refractivity contribution < 1.29 is 9.53 Å². The van der Waals surface area contributed by atoms with Gasteiger partial charge in [0.05, 0.1) is 25.1 Å². The highest BCUT2D eigenvalue weighted by atomic mass is 16.5. The molecular formula is C14H23N3O2. The van der Waals surface area contributed by atoms with Gasteiger partial charge in [-0.2, -0.15) is 5.26 Å². The largest absolute Gasteiger partial charge is 0.381 e. The monoisotopic (exact) mass is 265 g/mol. The summed E-state index contributed by atoms with van der Waals surface area (Å²) in [6.45, 7) is 4.61. The van der Waals surface area contributed by atoms with E-state index in [1.807, 2.05) is 0 Å². The van der Waals surface area contributed by atoms with Gasteiger partial charge in [0.2, 0.25) is 5.91 Å². The zero-order valence-electron chi connectivity index (χ0n) is 11.4. The Balaban J connectivity index is 1.63. The summed E-state index contributed by atoms with van der Waals surface area (Å²) >= 11 is 0. The zero-order valence-corrected chi connectivity index (χ0v) is 11.4. The summed E-state index contributed by atoms with van der Waals surface area (Å²) in [5, 5.41) is 11.7. The number of hydrogen-bond acceptors (Lipinski definition) is 4. The second-order valence-corrected chi connectivity index (χ2v) is 5.54. The molecule has 0 radical (unpaired) electrons. The molecule has 0 aromatic heterocycles. The molecule has 2 fully saturated rings. The van der Waals surface area contributed by atoms with Crippen LogP contribution >= 0.6 is 0 Å². The normalized spacial score (nSPS) is 25.7. The number of amides is 1. The molecule has 2 saturated heterocycles. The Morgan fingerprint density at radius 2 is 2.16 bits per heavy atom. The maximum Gasteiger partial charge on any atom is 0.225 e. The highest BCUT2D eigenvalue weighted by Crippen LogP contribution is 2.17. The van der Waals surface area contributed by atoms with Gasteiger partial charge < -0.3 is 10.1 Å². The van der Waals surface area contributed by atoms with Crippen LogP contribution in [0.4, 0.5) is 0 Å². The van der Waals surface area contributed by atoms with Crippen LogP contribution in [-0.2, 0) is 9.53 Å². The van der Waals surface area contributed by atoms with Crippen molar-refractivity contribution in [3.05, 3.63) is 0 Å². The molecule has 2 heterocycles. The van der Waals surface area contributed by atoms with Crippen molar-refractivity contribution >= 4 is 5.91 Å². The number of nitrogens with one attached hydrogen (secondary N) is 1. The molecule has 1 N–H and O–H groups in total. The lowest BCUT2D eigenvalue weighted by atomic mass is 9.96. The van der Waals surface area contributed by atoms with Crippen LogP contribution in [0.3, 0.4) is 0 Å². The lowest BCUT2D eigenvalue weighted by Gasteiger charge is -2.30. The number of likely N-dealkylation sites (tertiary alicyclic amines) is 1. The molecule has 1 atom stereocenters. The van der Waals surface area contributed by atoms with E-state index in [2.05, 4.69) is 16.3 Å². The lowest BCUT2D eigenvalue weighted by Crippen LogP contribution is -2.41. The molecule has 5 nitrogen and oxygen atoms in total. The summed E-state index contributed by atoms with van der Waals surface area (Å²) in [5.41, 5.74) is 0. The standard InChI is InChI=1S/C14H23N3O2/c15-5-8-17-6-3-12(4-7-17)10-16-14(18)13-2-1-9-19-11-13/h12-13H,1-4,6-11H2,(H,16,18)/t13-/m0/s1. The van der Waals surface area contributed by atoms with Gasteiger partial charge in [0.1, 0.15) is 0 Å². The molecule has 5 heteroatoms. The van der Waals surface area contributed by atoms with E-state index in [-0.39, 0.29) is 11.8 Å². The van der Waals surface area contributed by atoms with Crippen LogP contribution in [0.5, 0.6) is 0 Å². The van der Waals surface area contributed by atoms with E-state index in [1.54, 1.807) is 0 Å². The van der Waals surface area contributed by atoms with Crippen LogP contribution < -0.4 is 5.32 Å². The van der Waals surface area contributed by atoms with Crippen molar-refractivity contribution in [3.8, 4) is 6.07 Å². The van der Waals surface area contributed by atoms with Gasteiger partial charge in [-0.3, -0.25) is 9.69 Å². The zero-order chi connectivity index (χ0) is 13.5. The summed E-state index contributed by atoms with van der Waals surface area (Å²) in [7, 11) is 0. The summed E-state index contributed by atoms with van der Waals surface area (Å²) < 4.78 is 5.34. The van der Waals surface area contributed by atoms with Gasteiger partial charge in [0.15, 0.2) is 0 Å². The number of rotatable bonds is 4. The van der Waals surface area contributed by atoms with Crippen LogP contribution in [0.25, 0.3) is 0 Å². The van der Waals surface area contributed by atoms with Crippen LogP contribution in [0.15, 0.2) is 0 Å². The Bertz CT molecular complexity index is 326. The third-order valence-corrected chi connectivity index (χ3v) is 4.10. The number of hydrogen-bond donors (Lipinski definition) is 1. The van der Waals surface area contributed by atoms with Crippen LogP contribution in [0.1, 0.15) is 25.7 Å². The van der Waals surface area contributed by atoms with E-state index < -0.39 is 0 Å². The van der Waals surface area contributed by atoms with Gasteiger partial charge >= 0.3 is 0 Å². The van der Waals surface area contributed by atoms with Gasteiger partial charge in [-0.1, -0.05) is 0 Å². The molecule has 0 aromatic carbocycles. The van der Waals surface area contributed by atoms with E-state index in [0.717, 1.165) is 51.9 Å². The van der Waals surface area contributed by atoms with Crippen molar-refractivity contribution in [1.82, 2.24) is 10.2 Å². The predicted molar refractivity (Wildman–Crippen MR) is 71.3 cm³/mol. The number of nitrogens with zero attached hydrogens (tertiary/aromatic N) is 2. The molecule has 0 aromatic rings. The Hall–Kier alpha value is -1.12. The fraction of sp³-hybridized carbons (Fsp3) is 0.857. The number of carbonyl (C=O) groups is 1. The second-order valence-electron chi connectivity index (χ2n) is 5.54.